The number of fused-ring (bicyclic) bond motifs is 7. The first-order valence-electron chi connectivity index (χ1n) is 17.3. The molecule has 2 amide bonds. The van der Waals surface area contributed by atoms with Crippen LogP contribution in [0.2, 0.25) is 0 Å². The molecule has 3 aromatic rings. The molecule has 9 nitrogen and oxygen atoms in total. The van der Waals surface area contributed by atoms with E-state index in [1.54, 1.807) is 13.2 Å². The molecular formula is C36H43F3N4O5S. The van der Waals surface area contributed by atoms with Gasteiger partial charge < -0.3 is 19.1 Å². The minimum absolute atomic E-state index is 0.0622. The van der Waals surface area contributed by atoms with E-state index in [-0.39, 0.29) is 29.3 Å². The molecule has 2 aliphatic heterocycles. The van der Waals surface area contributed by atoms with Gasteiger partial charge in [0.25, 0.3) is 5.91 Å². The van der Waals surface area contributed by atoms with Gasteiger partial charge in [0.15, 0.2) is 0 Å². The summed E-state index contributed by atoms with van der Waals surface area (Å²) in [5.74, 6) is -0.404. The highest BCUT2D eigenvalue weighted by atomic mass is 32.2. The molecule has 1 aromatic heterocycles. The molecule has 2 aliphatic carbocycles. The van der Waals surface area contributed by atoms with Crippen LogP contribution in [0.4, 0.5) is 13.2 Å². The monoisotopic (exact) mass is 700 g/mol. The van der Waals surface area contributed by atoms with Crippen LogP contribution in [0.25, 0.3) is 22.2 Å². The van der Waals surface area contributed by atoms with Crippen LogP contribution in [-0.2, 0) is 21.4 Å². The van der Waals surface area contributed by atoms with Crippen LogP contribution in [0.5, 0.6) is 5.75 Å². The van der Waals surface area contributed by atoms with Crippen molar-refractivity contribution in [2.24, 2.45) is 5.41 Å². The minimum atomic E-state index is -5.90. The Kier molecular flexibility index (Phi) is 8.53. The Morgan fingerprint density at radius 2 is 1.82 bits per heavy atom. The van der Waals surface area contributed by atoms with Gasteiger partial charge in [0.05, 0.1) is 18.2 Å². The number of nitrogens with one attached hydrogen (secondary N) is 1. The predicted octanol–water partition coefficient (Wildman–Crippen LogP) is 6.37. The number of hydrogen-bond acceptors (Lipinski definition) is 6. The third-order valence-electron chi connectivity index (χ3n) is 11.4. The Hall–Kier alpha value is -3.58. The maximum atomic E-state index is 14.9. The Labute approximate surface area is 284 Å². The minimum Gasteiger partial charge on any atom is -0.497 e. The molecule has 3 fully saturated rings. The zero-order chi connectivity index (χ0) is 34.9. The van der Waals surface area contributed by atoms with Gasteiger partial charge in [-0.05, 0) is 93.1 Å². The molecule has 3 unspecified atom stereocenters. The molecule has 2 aromatic carbocycles. The summed E-state index contributed by atoms with van der Waals surface area (Å²) >= 11 is 0. The van der Waals surface area contributed by atoms with Gasteiger partial charge >= 0.3 is 15.5 Å². The number of ether oxygens (including phenoxy) is 1. The number of carbonyl (C=O) groups is 2. The summed E-state index contributed by atoms with van der Waals surface area (Å²) in [6.07, 6.45) is 7.72. The van der Waals surface area contributed by atoms with Crippen molar-refractivity contribution in [3.05, 3.63) is 53.1 Å². The zero-order valence-corrected chi connectivity index (χ0v) is 28.9. The summed E-state index contributed by atoms with van der Waals surface area (Å²) in [7, 11) is -2.22. The average molecular weight is 701 g/mol. The second-order valence-corrected chi connectivity index (χ2v) is 16.0. The summed E-state index contributed by atoms with van der Waals surface area (Å²) in [6, 6.07) is 10.7. The molecule has 0 spiro atoms. The fourth-order valence-corrected chi connectivity index (χ4v) is 9.21. The number of nitrogens with zero attached hydrogens (tertiary/aromatic N) is 3. The van der Waals surface area contributed by atoms with Gasteiger partial charge in [0, 0.05) is 53.6 Å². The van der Waals surface area contributed by atoms with Crippen molar-refractivity contribution in [3.63, 3.8) is 0 Å². The summed E-state index contributed by atoms with van der Waals surface area (Å²) < 4.78 is 72.3. The van der Waals surface area contributed by atoms with E-state index in [4.69, 9.17) is 4.74 Å². The van der Waals surface area contributed by atoms with Crippen molar-refractivity contribution in [1.29, 1.82) is 0 Å². The quantitative estimate of drug-likeness (QED) is 0.293. The lowest BCUT2D eigenvalue weighted by atomic mass is 9.81. The van der Waals surface area contributed by atoms with Crippen molar-refractivity contribution < 1.29 is 35.9 Å². The van der Waals surface area contributed by atoms with Crippen LogP contribution < -0.4 is 9.46 Å². The number of carbonyl (C=O) groups excluding carboxylic acids is 2. The molecule has 1 saturated heterocycles. The Morgan fingerprint density at radius 1 is 1.06 bits per heavy atom. The van der Waals surface area contributed by atoms with Gasteiger partial charge in [-0.3, -0.25) is 9.59 Å². The lowest BCUT2D eigenvalue weighted by Gasteiger charge is -2.32. The molecular weight excluding hydrogens is 657 g/mol. The number of sulfonamides is 1. The number of hydrogen-bond donors (Lipinski definition) is 1. The van der Waals surface area contributed by atoms with Gasteiger partial charge in [-0.1, -0.05) is 32.3 Å². The summed E-state index contributed by atoms with van der Waals surface area (Å²) in [6.45, 7) is 4.79. The number of benzene rings is 2. The molecule has 7 rings (SSSR count). The van der Waals surface area contributed by atoms with E-state index < -0.39 is 26.9 Å². The van der Waals surface area contributed by atoms with Crippen LogP contribution >= 0.6 is 0 Å². The molecule has 2 saturated carbocycles. The van der Waals surface area contributed by atoms with E-state index >= 15 is 0 Å². The highest BCUT2D eigenvalue weighted by Crippen LogP contribution is 2.66. The summed E-state index contributed by atoms with van der Waals surface area (Å²) in [5.41, 5.74) is -1.88. The lowest BCUT2D eigenvalue weighted by Crippen LogP contribution is -2.46. The van der Waals surface area contributed by atoms with E-state index in [1.165, 1.54) is 16.9 Å². The molecule has 264 valence electrons. The van der Waals surface area contributed by atoms with Crippen molar-refractivity contribution in [1.82, 2.24) is 19.1 Å². The van der Waals surface area contributed by atoms with Crippen LogP contribution in [0.15, 0.2) is 36.4 Å². The maximum Gasteiger partial charge on any atom is 0.516 e. The smallest absolute Gasteiger partial charge is 0.497 e. The summed E-state index contributed by atoms with van der Waals surface area (Å²) in [4.78, 5) is 32.2. The van der Waals surface area contributed by atoms with E-state index in [9.17, 15) is 31.2 Å². The van der Waals surface area contributed by atoms with Crippen LogP contribution in [0.3, 0.4) is 0 Å². The second kappa shape index (κ2) is 12.3. The fraction of sp³-hybridized carbons (Fsp3) is 0.556. The van der Waals surface area contributed by atoms with Crippen LogP contribution in [-0.4, -0.2) is 79.9 Å². The largest absolute Gasteiger partial charge is 0.516 e. The number of likely N-dealkylation sites (N-methyl/N-ethyl adjacent to an activating group) is 1. The number of halogens is 3. The van der Waals surface area contributed by atoms with Crippen LogP contribution in [0, 0.1) is 5.41 Å². The number of methoxy groups -OCH3 is 1. The fourth-order valence-electron chi connectivity index (χ4n) is 8.73. The highest BCUT2D eigenvalue weighted by molar-refractivity contribution is 7.90. The number of aromatic nitrogens is 1. The third-order valence-corrected chi connectivity index (χ3v) is 12.5. The molecule has 0 radical (unpaired) electrons. The SMILES string of the molecule is CCN(C)CC1CCCN1C(=O)C12CC1c1cc(OC)ccc1-c1c(C3CCCCC3)c3ccc(C(=O)NS(=O)(=O)C(F)(F)F)cc3n1C2. The molecule has 3 atom stereocenters. The Balaban J connectivity index is 1.41. The van der Waals surface area contributed by atoms with E-state index in [2.05, 4.69) is 28.3 Å². The molecule has 0 bridgehead atoms. The van der Waals surface area contributed by atoms with E-state index in [0.717, 1.165) is 85.8 Å². The average Bonchev–Trinajstić information content (AvgIpc) is 3.52. The molecule has 13 heteroatoms. The maximum absolute atomic E-state index is 14.9. The molecule has 1 N–H and O–H groups in total. The highest BCUT2D eigenvalue weighted by Gasteiger charge is 2.64. The van der Waals surface area contributed by atoms with Gasteiger partial charge in [0.2, 0.25) is 5.91 Å². The van der Waals surface area contributed by atoms with Crippen molar-refractivity contribution >= 4 is 32.7 Å². The van der Waals surface area contributed by atoms with E-state index in [1.807, 2.05) is 18.2 Å². The zero-order valence-electron chi connectivity index (χ0n) is 28.1. The lowest BCUT2D eigenvalue weighted by molar-refractivity contribution is -0.138. The standard InChI is InChI=1S/C36H43F3N4O5S/c1-4-41(2)20-24-11-8-16-42(24)34(45)35-19-29(35)28-18-25(48-3)13-15-26(28)32-31(22-9-6-5-7-10-22)27-14-12-23(17-30(27)43(32)21-35)33(44)40-49(46,47)36(37,38)39/h12-15,17-18,22,24,29H,4-11,16,19-21H2,1-3H3,(H,40,44). The number of amides is 2. The van der Waals surface area contributed by atoms with Gasteiger partial charge in [0.1, 0.15) is 5.75 Å². The van der Waals surface area contributed by atoms with Crippen LogP contribution in [0.1, 0.15) is 91.6 Å². The van der Waals surface area contributed by atoms with Crippen molar-refractivity contribution in [2.75, 3.05) is 33.8 Å². The molecule has 4 aliphatic rings. The van der Waals surface area contributed by atoms with Gasteiger partial charge in [-0.15, -0.1) is 0 Å². The Bertz CT molecular complexity index is 1920. The second-order valence-electron chi connectivity index (χ2n) is 14.3. The first-order valence-corrected chi connectivity index (χ1v) is 18.8. The Morgan fingerprint density at radius 3 is 2.51 bits per heavy atom. The first-order chi connectivity index (χ1) is 23.3. The summed E-state index contributed by atoms with van der Waals surface area (Å²) in [5, 5.41) is 0.865. The number of alkyl halides is 3. The first kappa shape index (κ1) is 33.9. The van der Waals surface area contributed by atoms with E-state index in [0.29, 0.717) is 30.8 Å². The van der Waals surface area contributed by atoms with Crippen molar-refractivity contribution in [2.45, 2.75) is 88.2 Å². The number of likely N-dealkylation sites (tertiary alicyclic amines) is 1. The number of rotatable bonds is 8. The molecule has 49 heavy (non-hydrogen) atoms. The van der Waals surface area contributed by atoms with Crippen molar-refractivity contribution in [3.8, 4) is 17.0 Å². The van der Waals surface area contributed by atoms with Gasteiger partial charge in [-0.25, -0.2) is 4.72 Å². The third kappa shape index (κ3) is 5.70. The van der Waals surface area contributed by atoms with Gasteiger partial charge in [-0.2, -0.15) is 21.6 Å². The topological polar surface area (TPSA) is 101 Å². The normalized spacial score (nSPS) is 23.9. The predicted molar refractivity (Wildman–Crippen MR) is 180 cm³/mol. The molecule has 3 heterocycles.